The molecule has 0 saturated carbocycles. The van der Waals surface area contributed by atoms with Crippen molar-refractivity contribution in [2.24, 2.45) is 11.0 Å². The highest BCUT2D eigenvalue weighted by Gasteiger charge is 2.13. The van der Waals surface area contributed by atoms with Crippen molar-refractivity contribution in [3.05, 3.63) is 52.5 Å². The fraction of sp³-hybridized carbons (Fsp3) is 0.300. The Kier molecular flexibility index (Phi) is 7.49. The normalized spacial score (nSPS) is 11.0. The maximum atomic E-state index is 12.0. The molecule has 0 bridgehead atoms. The second-order valence-electron chi connectivity index (χ2n) is 6.29. The lowest BCUT2D eigenvalue weighted by molar-refractivity contribution is 0.0955. The lowest BCUT2D eigenvalue weighted by atomic mass is 10.2. The van der Waals surface area contributed by atoms with Crippen LogP contribution in [0.25, 0.3) is 0 Å². The van der Waals surface area contributed by atoms with Gasteiger partial charge >= 0.3 is 0 Å². The summed E-state index contributed by atoms with van der Waals surface area (Å²) in [6, 6.07) is 10.0. The molecular formula is C20H24ClN3O3. The third-order valence-corrected chi connectivity index (χ3v) is 3.73. The zero-order valence-corrected chi connectivity index (χ0v) is 16.4. The standard InChI is InChI=1S/C20H24ClN3O3/c1-4-26-18-10-14(9-17(21)19(18)27-12-13(2)3)11-23-24-20(25)15-5-7-16(22)8-6-15/h5-11,13H,4,12,22H2,1-3H3,(H,24,25)/b23-11-. The van der Waals surface area contributed by atoms with Crippen molar-refractivity contribution < 1.29 is 14.3 Å². The molecule has 0 saturated heterocycles. The first-order valence-corrected chi connectivity index (χ1v) is 9.06. The van der Waals surface area contributed by atoms with Crippen molar-refractivity contribution in [2.75, 3.05) is 18.9 Å². The number of rotatable bonds is 8. The Morgan fingerprint density at radius 3 is 2.59 bits per heavy atom. The van der Waals surface area contributed by atoms with E-state index in [1.807, 2.05) is 6.92 Å². The minimum atomic E-state index is -0.334. The number of nitrogens with one attached hydrogen (secondary N) is 1. The van der Waals surface area contributed by atoms with Gasteiger partial charge in [0.25, 0.3) is 5.91 Å². The largest absolute Gasteiger partial charge is 0.490 e. The molecular weight excluding hydrogens is 366 g/mol. The minimum Gasteiger partial charge on any atom is -0.490 e. The number of benzene rings is 2. The Bertz CT molecular complexity index is 805. The number of ether oxygens (including phenoxy) is 2. The number of carbonyl (C=O) groups excluding carboxylic acids is 1. The number of hydrazone groups is 1. The van der Waals surface area contributed by atoms with Crippen molar-refractivity contribution in [3.8, 4) is 11.5 Å². The molecule has 0 atom stereocenters. The van der Waals surface area contributed by atoms with Crippen LogP contribution in [-0.2, 0) is 0 Å². The highest BCUT2D eigenvalue weighted by molar-refractivity contribution is 6.32. The average Bonchev–Trinajstić information content (AvgIpc) is 2.61. The van der Waals surface area contributed by atoms with Crippen LogP contribution in [0.15, 0.2) is 41.5 Å². The molecule has 1 amide bonds. The molecule has 2 rings (SSSR count). The summed E-state index contributed by atoms with van der Waals surface area (Å²) >= 11 is 6.34. The first kappa shape index (κ1) is 20.6. The number of amides is 1. The number of halogens is 1. The third kappa shape index (κ3) is 6.18. The van der Waals surface area contributed by atoms with E-state index in [0.717, 1.165) is 0 Å². The molecule has 0 aliphatic heterocycles. The summed E-state index contributed by atoms with van der Waals surface area (Å²) in [5.74, 6) is 1.08. The third-order valence-electron chi connectivity index (χ3n) is 3.45. The first-order chi connectivity index (χ1) is 12.9. The number of nitrogens with two attached hydrogens (primary N) is 1. The maximum absolute atomic E-state index is 12.0. The van der Waals surface area contributed by atoms with Crippen LogP contribution in [0.5, 0.6) is 11.5 Å². The highest BCUT2D eigenvalue weighted by Crippen LogP contribution is 2.36. The molecule has 0 unspecified atom stereocenters. The fourth-order valence-electron chi connectivity index (χ4n) is 2.18. The van der Waals surface area contributed by atoms with Crippen molar-refractivity contribution in [3.63, 3.8) is 0 Å². The molecule has 2 aromatic carbocycles. The summed E-state index contributed by atoms with van der Waals surface area (Å²) in [7, 11) is 0. The van der Waals surface area contributed by atoms with E-state index in [0.29, 0.717) is 52.5 Å². The zero-order chi connectivity index (χ0) is 19.8. The number of nitrogens with zero attached hydrogens (tertiary/aromatic N) is 1. The number of anilines is 1. The molecule has 6 nitrogen and oxygen atoms in total. The number of carbonyl (C=O) groups is 1. The van der Waals surface area contributed by atoms with E-state index in [1.165, 1.54) is 6.21 Å². The Balaban J connectivity index is 2.11. The van der Waals surface area contributed by atoms with E-state index in [4.69, 9.17) is 26.8 Å². The molecule has 0 aliphatic carbocycles. The van der Waals surface area contributed by atoms with E-state index in [-0.39, 0.29) is 5.91 Å². The number of nitrogen functional groups attached to an aromatic ring is 1. The predicted octanol–water partition coefficient (Wildman–Crippen LogP) is 4.12. The van der Waals surface area contributed by atoms with Crippen LogP contribution >= 0.6 is 11.6 Å². The van der Waals surface area contributed by atoms with Gasteiger partial charge in [-0.15, -0.1) is 0 Å². The first-order valence-electron chi connectivity index (χ1n) is 8.68. The van der Waals surface area contributed by atoms with Crippen LogP contribution < -0.4 is 20.6 Å². The van der Waals surface area contributed by atoms with Crippen LogP contribution in [-0.4, -0.2) is 25.3 Å². The van der Waals surface area contributed by atoms with E-state index in [1.54, 1.807) is 36.4 Å². The van der Waals surface area contributed by atoms with E-state index < -0.39 is 0 Å². The molecule has 0 aliphatic rings. The predicted molar refractivity (Wildman–Crippen MR) is 109 cm³/mol. The molecule has 144 valence electrons. The molecule has 3 N–H and O–H groups in total. The average molecular weight is 390 g/mol. The van der Waals surface area contributed by atoms with Crippen molar-refractivity contribution >= 4 is 29.4 Å². The second kappa shape index (κ2) is 9.83. The smallest absolute Gasteiger partial charge is 0.271 e. The Morgan fingerprint density at radius 1 is 1.26 bits per heavy atom. The lowest BCUT2D eigenvalue weighted by Gasteiger charge is -2.15. The Morgan fingerprint density at radius 2 is 1.96 bits per heavy atom. The van der Waals surface area contributed by atoms with Gasteiger partial charge in [-0.25, -0.2) is 5.43 Å². The molecule has 0 radical (unpaired) electrons. The van der Waals surface area contributed by atoms with E-state index >= 15 is 0 Å². The zero-order valence-electron chi connectivity index (χ0n) is 15.7. The van der Waals surface area contributed by atoms with Gasteiger partial charge in [0.1, 0.15) is 0 Å². The van der Waals surface area contributed by atoms with Gasteiger partial charge in [-0.3, -0.25) is 4.79 Å². The Labute approximate surface area is 164 Å². The van der Waals surface area contributed by atoms with E-state index in [2.05, 4.69) is 24.4 Å². The monoisotopic (exact) mass is 389 g/mol. The maximum Gasteiger partial charge on any atom is 0.271 e. The van der Waals surface area contributed by atoms with E-state index in [9.17, 15) is 4.79 Å². The van der Waals surface area contributed by atoms with Gasteiger partial charge in [-0.05, 0) is 54.8 Å². The molecule has 0 heterocycles. The van der Waals surface area contributed by atoms with Crippen molar-refractivity contribution in [1.82, 2.24) is 5.43 Å². The van der Waals surface area contributed by atoms with Gasteiger partial charge in [0.2, 0.25) is 0 Å². The van der Waals surface area contributed by atoms with Gasteiger partial charge in [0, 0.05) is 11.3 Å². The molecule has 7 heteroatoms. The lowest BCUT2D eigenvalue weighted by Crippen LogP contribution is -2.17. The number of hydrogen-bond acceptors (Lipinski definition) is 5. The fourth-order valence-corrected chi connectivity index (χ4v) is 2.45. The molecule has 2 aromatic rings. The summed E-state index contributed by atoms with van der Waals surface area (Å²) in [5, 5.41) is 4.40. The molecule has 0 aromatic heterocycles. The van der Waals surface area contributed by atoms with Gasteiger partial charge in [-0.2, -0.15) is 5.10 Å². The number of hydrogen-bond donors (Lipinski definition) is 2. The summed E-state index contributed by atoms with van der Waals surface area (Å²) in [4.78, 5) is 12.0. The van der Waals surface area contributed by atoms with Crippen LogP contribution in [0.1, 0.15) is 36.7 Å². The second-order valence-corrected chi connectivity index (χ2v) is 6.70. The van der Waals surface area contributed by atoms with Gasteiger partial charge in [0.15, 0.2) is 11.5 Å². The highest BCUT2D eigenvalue weighted by atomic mass is 35.5. The topological polar surface area (TPSA) is 85.9 Å². The summed E-state index contributed by atoms with van der Waals surface area (Å²) < 4.78 is 11.4. The molecule has 0 fully saturated rings. The SMILES string of the molecule is CCOc1cc(/C=N\NC(=O)c2ccc(N)cc2)cc(Cl)c1OCC(C)C. The molecule has 27 heavy (non-hydrogen) atoms. The summed E-state index contributed by atoms with van der Waals surface area (Å²) in [6.45, 7) is 7.00. The van der Waals surface area contributed by atoms with Gasteiger partial charge in [0.05, 0.1) is 24.5 Å². The summed E-state index contributed by atoms with van der Waals surface area (Å²) in [5.41, 5.74) is 9.81. The quantitative estimate of drug-likeness (QED) is 0.404. The Hall–Kier alpha value is -2.73. The van der Waals surface area contributed by atoms with Crippen LogP contribution in [0.3, 0.4) is 0 Å². The van der Waals surface area contributed by atoms with Gasteiger partial charge in [-0.1, -0.05) is 25.4 Å². The summed E-state index contributed by atoms with van der Waals surface area (Å²) in [6.07, 6.45) is 1.50. The molecule has 0 spiro atoms. The minimum absolute atomic E-state index is 0.334. The van der Waals surface area contributed by atoms with Crippen LogP contribution in [0.4, 0.5) is 5.69 Å². The van der Waals surface area contributed by atoms with Crippen LogP contribution in [0.2, 0.25) is 5.02 Å². The van der Waals surface area contributed by atoms with Gasteiger partial charge < -0.3 is 15.2 Å². The van der Waals surface area contributed by atoms with Crippen molar-refractivity contribution in [2.45, 2.75) is 20.8 Å². The van der Waals surface area contributed by atoms with Crippen LogP contribution in [0, 0.1) is 5.92 Å². The van der Waals surface area contributed by atoms with Crippen molar-refractivity contribution in [1.29, 1.82) is 0 Å².